The minimum Gasteiger partial charge on any atom is -0.487 e. The molecule has 2 N–H and O–H groups in total. The first-order valence-corrected chi connectivity index (χ1v) is 8.78. The number of aryl methyl sites for hydroxylation is 2. The van der Waals surface area contributed by atoms with Crippen molar-refractivity contribution in [1.82, 2.24) is 14.9 Å². The molecule has 1 saturated heterocycles. The van der Waals surface area contributed by atoms with Crippen LogP contribution in [-0.4, -0.2) is 44.8 Å². The molecule has 1 aromatic heterocycles. The third kappa shape index (κ3) is 4.19. The van der Waals surface area contributed by atoms with Crippen LogP contribution in [0.1, 0.15) is 37.5 Å². The number of aliphatic hydroxyl groups is 1. The number of benzene rings is 1. The van der Waals surface area contributed by atoms with Crippen molar-refractivity contribution >= 4 is 0 Å². The molecule has 0 amide bonds. The summed E-state index contributed by atoms with van der Waals surface area (Å²) in [6, 6.07) is 6.05. The molecule has 5 nitrogen and oxygen atoms in total. The molecule has 0 unspecified atom stereocenters. The Balaban J connectivity index is 1.64. The van der Waals surface area contributed by atoms with Crippen LogP contribution in [0.3, 0.4) is 0 Å². The maximum absolute atomic E-state index is 13.3. The number of likely N-dealkylation sites (tertiary alicyclic amines) is 1. The molecule has 0 spiro atoms. The zero-order chi connectivity index (χ0) is 18.0. The second-order valence-corrected chi connectivity index (χ2v) is 7.03. The van der Waals surface area contributed by atoms with Crippen LogP contribution in [0.2, 0.25) is 0 Å². The Kier molecular flexibility index (Phi) is 5.11. The van der Waals surface area contributed by atoms with Gasteiger partial charge in [0.05, 0.1) is 5.69 Å². The minimum absolute atomic E-state index is 0.338. The van der Waals surface area contributed by atoms with Crippen molar-refractivity contribution < 1.29 is 14.2 Å². The van der Waals surface area contributed by atoms with Crippen LogP contribution in [-0.2, 0) is 13.0 Å². The Morgan fingerprint density at radius 2 is 2.28 bits per heavy atom. The first kappa shape index (κ1) is 17.9. The van der Waals surface area contributed by atoms with Gasteiger partial charge in [-0.05, 0) is 32.4 Å². The number of aromatic amines is 1. The van der Waals surface area contributed by atoms with Gasteiger partial charge in [-0.3, -0.25) is 4.90 Å². The SMILES string of the molecule is CCc1nc(CN2CC[C@H](Oc3cccc(F)c3)[C@@](C)(O)C2)c(C)[nH]1. The number of hydrogen-bond donors (Lipinski definition) is 2. The first-order chi connectivity index (χ1) is 11.9. The predicted octanol–water partition coefficient (Wildman–Crippen LogP) is 2.82. The Morgan fingerprint density at radius 1 is 1.48 bits per heavy atom. The zero-order valence-electron chi connectivity index (χ0n) is 15.1. The molecular formula is C19H26FN3O2. The second-order valence-electron chi connectivity index (χ2n) is 7.03. The minimum atomic E-state index is -1.01. The van der Waals surface area contributed by atoms with E-state index in [0.29, 0.717) is 25.3 Å². The van der Waals surface area contributed by atoms with Gasteiger partial charge >= 0.3 is 0 Å². The normalized spacial score (nSPS) is 24.4. The van der Waals surface area contributed by atoms with Gasteiger partial charge in [-0.2, -0.15) is 0 Å². The van der Waals surface area contributed by atoms with E-state index >= 15 is 0 Å². The van der Waals surface area contributed by atoms with Gasteiger partial charge in [-0.1, -0.05) is 13.0 Å². The van der Waals surface area contributed by atoms with E-state index in [1.165, 1.54) is 12.1 Å². The third-order valence-electron chi connectivity index (χ3n) is 4.76. The average molecular weight is 347 g/mol. The highest BCUT2D eigenvalue weighted by molar-refractivity contribution is 5.23. The molecule has 2 atom stereocenters. The van der Waals surface area contributed by atoms with Crippen molar-refractivity contribution in [2.24, 2.45) is 0 Å². The summed E-state index contributed by atoms with van der Waals surface area (Å²) in [6.45, 7) is 7.86. The predicted molar refractivity (Wildman–Crippen MR) is 94.0 cm³/mol. The average Bonchev–Trinajstić information content (AvgIpc) is 2.90. The summed E-state index contributed by atoms with van der Waals surface area (Å²) in [4.78, 5) is 10.1. The van der Waals surface area contributed by atoms with Gasteiger partial charge in [0.25, 0.3) is 0 Å². The summed E-state index contributed by atoms with van der Waals surface area (Å²) in [7, 11) is 0. The number of piperidine rings is 1. The number of H-pyrrole nitrogens is 1. The molecule has 0 bridgehead atoms. The van der Waals surface area contributed by atoms with Crippen molar-refractivity contribution in [3.05, 3.63) is 47.3 Å². The highest BCUT2D eigenvalue weighted by Crippen LogP contribution is 2.27. The number of ether oxygens (including phenoxy) is 1. The van der Waals surface area contributed by atoms with E-state index in [1.54, 1.807) is 19.1 Å². The number of hydrogen-bond acceptors (Lipinski definition) is 4. The largest absolute Gasteiger partial charge is 0.487 e. The summed E-state index contributed by atoms with van der Waals surface area (Å²) in [5.41, 5.74) is 1.09. The fourth-order valence-electron chi connectivity index (χ4n) is 3.37. The quantitative estimate of drug-likeness (QED) is 0.873. The van der Waals surface area contributed by atoms with Crippen molar-refractivity contribution in [1.29, 1.82) is 0 Å². The summed E-state index contributed by atoms with van der Waals surface area (Å²) >= 11 is 0. The van der Waals surface area contributed by atoms with E-state index in [1.807, 2.05) is 6.92 Å². The molecule has 3 rings (SSSR count). The van der Waals surface area contributed by atoms with Gasteiger partial charge in [0.1, 0.15) is 29.1 Å². The van der Waals surface area contributed by atoms with E-state index in [0.717, 1.165) is 30.2 Å². The molecule has 1 aliphatic heterocycles. The monoisotopic (exact) mass is 347 g/mol. The molecule has 0 aliphatic carbocycles. The van der Waals surface area contributed by atoms with Crippen LogP contribution in [0.5, 0.6) is 5.75 Å². The molecule has 0 saturated carbocycles. The lowest BCUT2D eigenvalue weighted by Crippen LogP contribution is -2.56. The Hall–Kier alpha value is -1.92. The summed E-state index contributed by atoms with van der Waals surface area (Å²) in [6.07, 6.45) is 1.19. The smallest absolute Gasteiger partial charge is 0.129 e. The van der Waals surface area contributed by atoms with E-state index in [9.17, 15) is 9.50 Å². The van der Waals surface area contributed by atoms with E-state index < -0.39 is 5.60 Å². The molecular weight excluding hydrogens is 321 g/mol. The van der Waals surface area contributed by atoms with Gasteiger partial charge in [0.15, 0.2) is 0 Å². The Morgan fingerprint density at radius 3 is 2.92 bits per heavy atom. The van der Waals surface area contributed by atoms with Crippen LogP contribution in [0.4, 0.5) is 4.39 Å². The molecule has 0 radical (unpaired) electrons. The highest BCUT2D eigenvalue weighted by Gasteiger charge is 2.40. The van der Waals surface area contributed by atoms with Gasteiger partial charge in [-0.25, -0.2) is 9.37 Å². The molecule has 2 heterocycles. The molecule has 1 aromatic carbocycles. The maximum Gasteiger partial charge on any atom is 0.129 e. The van der Waals surface area contributed by atoms with E-state index in [4.69, 9.17) is 4.74 Å². The third-order valence-corrected chi connectivity index (χ3v) is 4.76. The lowest BCUT2D eigenvalue weighted by atomic mass is 9.91. The van der Waals surface area contributed by atoms with Crippen molar-refractivity contribution in [2.75, 3.05) is 13.1 Å². The van der Waals surface area contributed by atoms with Gasteiger partial charge < -0.3 is 14.8 Å². The van der Waals surface area contributed by atoms with Gasteiger partial charge in [0.2, 0.25) is 0 Å². The van der Waals surface area contributed by atoms with Crippen LogP contribution in [0, 0.1) is 12.7 Å². The van der Waals surface area contributed by atoms with Crippen molar-refractivity contribution in [3.63, 3.8) is 0 Å². The van der Waals surface area contributed by atoms with Crippen molar-refractivity contribution in [2.45, 2.75) is 51.9 Å². The molecule has 136 valence electrons. The number of nitrogens with zero attached hydrogens (tertiary/aromatic N) is 2. The van der Waals surface area contributed by atoms with Crippen molar-refractivity contribution in [3.8, 4) is 5.75 Å². The Bertz CT molecular complexity index is 729. The number of nitrogens with one attached hydrogen (secondary N) is 1. The zero-order valence-corrected chi connectivity index (χ0v) is 15.1. The van der Waals surface area contributed by atoms with Gasteiger partial charge in [0, 0.05) is 37.8 Å². The summed E-state index contributed by atoms with van der Waals surface area (Å²) < 4.78 is 19.2. The number of halogens is 1. The maximum atomic E-state index is 13.3. The molecule has 6 heteroatoms. The van der Waals surface area contributed by atoms with E-state index in [-0.39, 0.29) is 11.9 Å². The fourth-order valence-corrected chi connectivity index (χ4v) is 3.37. The number of β-amino-alcohol motifs (C(OH)–C–C–N with tert-alkyl or cyclic N) is 1. The molecule has 25 heavy (non-hydrogen) atoms. The fraction of sp³-hybridized carbons (Fsp3) is 0.526. The lowest BCUT2D eigenvalue weighted by Gasteiger charge is -2.42. The summed E-state index contributed by atoms with van der Waals surface area (Å²) in [5.74, 6) is 1.10. The first-order valence-electron chi connectivity index (χ1n) is 8.78. The molecule has 1 aliphatic rings. The Labute approximate surface area is 147 Å². The highest BCUT2D eigenvalue weighted by atomic mass is 19.1. The van der Waals surface area contributed by atoms with Crippen LogP contribution < -0.4 is 4.74 Å². The number of imidazole rings is 1. The molecule has 2 aromatic rings. The van der Waals surface area contributed by atoms with E-state index in [2.05, 4.69) is 21.8 Å². The van der Waals surface area contributed by atoms with Gasteiger partial charge in [-0.15, -0.1) is 0 Å². The number of aromatic nitrogens is 2. The standard InChI is InChI=1S/C19H26FN3O2/c1-4-18-21-13(2)16(22-18)11-23-9-8-17(19(3,24)12-23)25-15-7-5-6-14(20)10-15/h5-7,10,17,24H,4,8-9,11-12H2,1-3H3,(H,21,22)/t17-,19-/m0/s1. The summed E-state index contributed by atoms with van der Waals surface area (Å²) in [5, 5.41) is 10.8. The van der Waals surface area contributed by atoms with Crippen LogP contribution >= 0.6 is 0 Å². The number of rotatable bonds is 5. The molecule has 1 fully saturated rings. The topological polar surface area (TPSA) is 61.4 Å². The second kappa shape index (κ2) is 7.14. The lowest BCUT2D eigenvalue weighted by molar-refractivity contribution is -0.0995. The van der Waals surface area contributed by atoms with Crippen LogP contribution in [0.15, 0.2) is 24.3 Å². The van der Waals surface area contributed by atoms with Crippen LogP contribution in [0.25, 0.3) is 0 Å².